The number of ether oxygens (including phenoxy) is 1. The number of aliphatic hydroxyl groups excluding tert-OH is 1. The maximum atomic E-state index is 13.7. The molecule has 0 bridgehead atoms. The number of aliphatic hydroxyl groups is 1. The number of nitrogens with one attached hydrogen (secondary N) is 2. The van der Waals surface area contributed by atoms with Gasteiger partial charge in [-0.05, 0) is 63.3 Å². The summed E-state index contributed by atoms with van der Waals surface area (Å²) in [5.41, 5.74) is 2.79. The van der Waals surface area contributed by atoms with Crippen molar-refractivity contribution in [2.75, 3.05) is 59.0 Å². The number of morpholine rings is 1. The third kappa shape index (κ3) is 7.63. The molecule has 14 heteroatoms. The molecule has 1 spiro atoms. The Morgan fingerprint density at radius 2 is 1.71 bits per heavy atom. The summed E-state index contributed by atoms with van der Waals surface area (Å²) in [7, 11) is -3.64. The van der Waals surface area contributed by atoms with Gasteiger partial charge in [0.15, 0.2) is 0 Å². The van der Waals surface area contributed by atoms with Gasteiger partial charge < -0.3 is 20.1 Å². The highest BCUT2D eigenvalue weighted by molar-refractivity contribution is 7.89. The number of piperidine rings is 1. The Kier molecular flexibility index (Phi) is 11.6. The second-order valence-electron chi connectivity index (χ2n) is 13.7. The van der Waals surface area contributed by atoms with Crippen molar-refractivity contribution in [2.45, 2.75) is 89.4 Å². The van der Waals surface area contributed by atoms with Crippen LogP contribution in [-0.2, 0) is 30.9 Å². The van der Waals surface area contributed by atoms with Gasteiger partial charge in [-0.3, -0.25) is 19.4 Å². The number of aromatic nitrogens is 2. The number of carbonyl (C=O) groups excluding carboxylic acids is 2. The van der Waals surface area contributed by atoms with Crippen LogP contribution in [0.25, 0.3) is 5.69 Å². The molecule has 2 amide bonds. The number of nitrogens with zero attached hydrogens (tertiary/aromatic N) is 5. The molecule has 3 N–H and O–H groups in total. The van der Waals surface area contributed by atoms with Crippen LogP contribution >= 0.6 is 0 Å². The average molecular weight is 688 g/mol. The first kappa shape index (κ1) is 36.4. The van der Waals surface area contributed by atoms with Crippen molar-refractivity contribution in [3.8, 4) is 5.69 Å². The number of rotatable bonds is 13. The number of hydrogen-bond donors (Lipinski definition) is 3. The predicted octanol–water partition coefficient (Wildman–Crippen LogP) is 1.58. The van der Waals surface area contributed by atoms with E-state index in [0.717, 1.165) is 48.6 Å². The molecule has 266 valence electrons. The van der Waals surface area contributed by atoms with Gasteiger partial charge >= 0.3 is 0 Å². The van der Waals surface area contributed by atoms with Crippen molar-refractivity contribution in [1.29, 1.82) is 0 Å². The first-order valence-electron chi connectivity index (χ1n) is 17.4. The van der Waals surface area contributed by atoms with E-state index in [-0.39, 0.29) is 22.6 Å². The Morgan fingerprint density at radius 3 is 2.33 bits per heavy atom. The monoisotopic (exact) mass is 687 g/mol. The molecular weight excluding hydrogens is 634 g/mol. The van der Waals surface area contributed by atoms with Gasteiger partial charge in [0.05, 0.1) is 35.6 Å². The maximum Gasteiger partial charge on any atom is 0.248 e. The van der Waals surface area contributed by atoms with Crippen LogP contribution in [0, 0.1) is 19.8 Å². The molecule has 3 saturated heterocycles. The Hall–Kier alpha value is -2.88. The Balaban J connectivity index is 1.23. The van der Waals surface area contributed by atoms with Crippen LogP contribution in [0.3, 0.4) is 0 Å². The standard InChI is InChI=1S/C34H53N7O6S/c1-6-7-15-40-32(43)30(31(42)24(2)3)36-33(44)34(40)12-16-39(17-13-34)23-29-25(4)37-41(26(29)5)27-8-10-28(11-9-27)48(45,46)35-14-18-38-19-21-47-22-20-38/h8-11,24,30-31,35,42H,6-7,12-23H2,1-5H3,(H,36,44). The first-order valence-corrected chi connectivity index (χ1v) is 18.8. The van der Waals surface area contributed by atoms with E-state index < -0.39 is 27.7 Å². The normalized spacial score (nSPS) is 21.6. The van der Waals surface area contributed by atoms with Gasteiger partial charge in [-0.1, -0.05) is 27.2 Å². The number of hydrogen-bond acceptors (Lipinski definition) is 9. The van der Waals surface area contributed by atoms with Crippen LogP contribution < -0.4 is 10.0 Å². The van der Waals surface area contributed by atoms with E-state index in [4.69, 9.17) is 9.84 Å². The van der Waals surface area contributed by atoms with E-state index in [1.807, 2.05) is 32.4 Å². The number of likely N-dealkylation sites (tertiary alicyclic amines) is 1. The van der Waals surface area contributed by atoms with Gasteiger partial charge in [0.2, 0.25) is 21.8 Å². The molecule has 0 saturated carbocycles. The predicted molar refractivity (Wildman–Crippen MR) is 182 cm³/mol. The van der Waals surface area contributed by atoms with Gasteiger partial charge in [0.1, 0.15) is 11.6 Å². The molecule has 3 fully saturated rings. The summed E-state index contributed by atoms with van der Waals surface area (Å²) in [5, 5.41) is 18.4. The van der Waals surface area contributed by atoms with E-state index in [1.54, 1.807) is 29.2 Å². The second-order valence-corrected chi connectivity index (χ2v) is 15.5. The third-order valence-electron chi connectivity index (χ3n) is 10.2. The lowest BCUT2D eigenvalue weighted by Gasteiger charge is -2.52. The molecule has 2 atom stereocenters. The number of unbranched alkanes of at least 4 members (excludes halogenated alkanes) is 1. The summed E-state index contributed by atoms with van der Waals surface area (Å²) in [4.78, 5) is 33.8. The minimum atomic E-state index is -3.64. The lowest BCUT2D eigenvalue weighted by Crippen LogP contribution is -2.74. The number of amides is 2. The van der Waals surface area contributed by atoms with Crippen LogP contribution in [0.1, 0.15) is 63.4 Å². The smallest absolute Gasteiger partial charge is 0.248 e. The molecule has 4 heterocycles. The van der Waals surface area contributed by atoms with Crippen LogP contribution in [0.15, 0.2) is 29.2 Å². The van der Waals surface area contributed by atoms with Crippen LogP contribution in [0.4, 0.5) is 0 Å². The number of sulfonamides is 1. The van der Waals surface area contributed by atoms with Gasteiger partial charge in [0.25, 0.3) is 0 Å². The molecule has 0 radical (unpaired) electrons. The minimum Gasteiger partial charge on any atom is -0.390 e. The van der Waals surface area contributed by atoms with E-state index in [0.29, 0.717) is 65.3 Å². The second kappa shape index (κ2) is 15.3. The van der Waals surface area contributed by atoms with Gasteiger partial charge in [0, 0.05) is 63.6 Å². The third-order valence-corrected chi connectivity index (χ3v) is 11.7. The molecule has 1 aromatic carbocycles. The van der Waals surface area contributed by atoms with E-state index >= 15 is 0 Å². The highest BCUT2D eigenvalue weighted by Gasteiger charge is 2.54. The van der Waals surface area contributed by atoms with Crippen molar-refractivity contribution in [3.05, 3.63) is 41.2 Å². The summed E-state index contributed by atoms with van der Waals surface area (Å²) in [6.07, 6.45) is 1.79. The first-order chi connectivity index (χ1) is 22.9. The van der Waals surface area contributed by atoms with Crippen LogP contribution in [-0.4, -0.2) is 127 Å². The molecule has 0 aliphatic carbocycles. The highest BCUT2D eigenvalue weighted by atomic mass is 32.2. The molecule has 3 aliphatic heterocycles. The van der Waals surface area contributed by atoms with Gasteiger partial charge in [-0.25, -0.2) is 17.8 Å². The topological polar surface area (TPSA) is 149 Å². The molecule has 1 aromatic heterocycles. The molecule has 48 heavy (non-hydrogen) atoms. The number of carbonyl (C=O) groups is 2. The van der Waals surface area contributed by atoms with E-state index in [9.17, 15) is 23.1 Å². The van der Waals surface area contributed by atoms with Crippen LogP contribution in [0.5, 0.6) is 0 Å². The van der Waals surface area contributed by atoms with Crippen molar-refractivity contribution in [1.82, 2.24) is 34.5 Å². The lowest BCUT2D eigenvalue weighted by atomic mass is 9.80. The average Bonchev–Trinajstić information content (AvgIpc) is 3.35. The van der Waals surface area contributed by atoms with Crippen molar-refractivity contribution < 1.29 is 27.9 Å². The quantitative estimate of drug-likeness (QED) is 0.286. The van der Waals surface area contributed by atoms with E-state index in [1.165, 1.54) is 0 Å². The number of piperazine rings is 1. The molecule has 3 aliphatic rings. The molecule has 2 aromatic rings. The fourth-order valence-corrected chi connectivity index (χ4v) is 8.09. The van der Waals surface area contributed by atoms with Gasteiger partial charge in [-0.15, -0.1) is 0 Å². The van der Waals surface area contributed by atoms with E-state index in [2.05, 4.69) is 26.8 Å². The summed E-state index contributed by atoms with van der Waals surface area (Å²) < 4.78 is 35.8. The maximum absolute atomic E-state index is 13.7. The Bertz CT molecular complexity index is 1530. The van der Waals surface area contributed by atoms with Gasteiger partial charge in [-0.2, -0.15) is 5.10 Å². The summed E-state index contributed by atoms with van der Waals surface area (Å²) in [6, 6.07) is 5.85. The SMILES string of the molecule is CCCCN1C(=O)C(C(O)C(C)C)NC(=O)C12CCN(Cc1c(C)nn(-c3ccc(S(=O)(=O)NCCN4CCOCC4)cc3)c1C)CC2. The fourth-order valence-electron chi connectivity index (χ4n) is 7.07. The van der Waals surface area contributed by atoms with Crippen molar-refractivity contribution in [2.24, 2.45) is 5.92 Å². The molecule has 5 rings (SSSR count). The summed E-state index contributed by atoms with van der Waals surface area (Å²) in [6.45, 7) is 16.1. The number of aryl methyl sites for hydroxylation is 1. The Morgan fingerprint density at radius 1 is 1.04 bits per heavy atom. The summed E-state index contributed by atoms with van der Waals surface area (Å²) in [5.74, 6) is -0.511. The molecule has 2 unspecified atom stereocenters. The zero-order valence-corrected chi connectivity index (χ0v) is 29.9. The largest absolute Gasteiger partial charge is 0.390 e. The summed E-state index contributed by atoms with van der Waals surface area (Å²) >= 11 is 0. The lowest BCUT2D eigenvalue weighted by molar-refractivity contribution is -0.165. The van der Waals surface area contributed by atoms with Crippen molar-refractivity contribution >= 4 is 21.8 Å². The fraction of sp³-hybridized carbons (Fsp3) is 0.676. The number of benzene rings is 1. The molecular formula is C34H53N7O6S. The van der Waals surface area contributed by atoms with Crippen molar-refractivity contribution in [3.63, 3.8) is 0 Å². The Labute approximate surface area is 285 Å². The zero-order valence-electron chi connectivity index (χ0n) is 29.1. The molecule has 13 nitrogen and oxygen atoms in total. The highest BCUT2D eigenvalue weighted by Crippen LogP contribution is 2.35. The minimum absolute atomic E-state index is 0.158. The van der Waals surface area contributed by atoms with Crippen LogP contribution in [0.2, 0.25) is 0 Å². The zero-order chi connectivity index (χ0) is 34.6.